The number of rotatable bonds is 2. The Morgan fingerprint density at radius 1 is 1.62 bits per heavy atom. The Morgan fingerprint density at radius 3 is 2.25 bits per heavy atom. The van der Waals surface area contributed by atoms with Gasteiger partial charge in [0.05, 0.1) is 0 Å². The van der Waals surface area contributed by atoms with Gasteiger partial charge in [-0.15, -0.1) is 0 Å². The molecule has 0 saturated heterocycles. The van der Waals surface area contributed by atoms with Crippen molar-refractivity contribution >= 4 is 15.1 Å². The molecule has 0 aliphatic rings. The lowest BCUT2D eigenvalue weighted by Gasteiger charge is -2.00. The topological polar surface area (TPSA) is 12.4 Å². The molecule has 0 bridgehead atoms. The fraction of sp³-hybridized carbons (Fsp3) is 0.833. The highest BCUT2D eigenvalue weighted by atomic mass is 31.0. The van der Waals surface area contributed by atoms with Crippen molar-refractivity contribution < 1.29 is 0 Å². The maximum Gasteiger partial charge on any atom is 0.0133 e. The summed E-state index contributed by atoms with van der Waals surface area (Å²) >= 11 is 0. The molecule has 0 radical (unpaired) electrons. The van der Waals surface area contributed by atoms with E-state index >= 15 is 0 Å². The van der Waals surface area contributed by atoms with Crippen molar-refractivity contribution in [2.75, 3.05) is 0 Å². The van der Waals surface area contributed by atoms with Crippen LogP contribution in [0.15, 0.2) is 4.76 Å². The van der Waals surface area contributed by atoms with Crippen LogP contribution in [0.3, 0.4) is 0 Å². The van der Waals surface area contributed by atoms with Crippen molar-refractivity contribution in [1.29, 1.82) is 0 Å². The van der Waals surface area contributed by atoms with Crippen LogP contribution >= 0.6 is 9.39 Å². The van der Waals surface area contributed by atoms with Crippen LogP contribution in [0.5, 0.6) is 0 Å². The maximum absolute atomic E-state index is 3.96. The third-order valence-electron chi connectivity index (χ3n) is 0.924. The van der Waals surface area contributed by atoms with E-state index in [1.165, 1.54) is 5.71 Å². The van der Waals surface area contributed by atoms with E-state index in [0.717, 1.165) is 12.3 Å². The molecule has 0 spiro atoms. The van der Waals surface area contributed by atoms with Crippen LogP contribution < -0.4 is 0 Å². The van der Waals surface area contributed by atoms with Gasteiger partial charge >= 0.3 is 0 Å². The zero-order valence-electron chi connectivity index (χ0n) is 5.81. The molecule has 2 heteroatoms. The van der Waals surface area contributed by atoms with Crippen LogP contribution in [0, 0.1) is 5.92 Å². The van der Waals surface area contributed by atoms with E-state index in [9.17, 15) is 0 Å². The SMILES string of the molecule is C/C(CC(C)C)=N\P. The highest BCUT2D eigenvalue weighted by Crippen LogP contribution is 2.02. The standard InChI is InChI=1S/C6H14NP/c1-5(2)4-6(3)7-8/h5H,4,8H2,1-3H3/b7-6+. The molecule has 0 amide bonds. The zero-order chi connectivity index (χ0) is 6.57. The molecule has 0 fully saturated rings. The van der Waals surface area contributed by atoms with Crippen molar-refractivity contribution in [3.05, 3.63) is 0 Å². The fourth-order valence-electron chi connectivity index (χ4n) is 0.644. The van der Waals surface area contributed by atoms with Gasteiger partial charge in [0.2, 0.25) is 0 Å². The van der Waals surface area contributed by atoms with E-state index in [4.69, 9.17) is 0 Å². The van der Waals surface area contributed by atoms with E-state index in [0.29, 0.717) is 0 Å². The molecule has 1 unspecified atom stereocenters. The summed E-state index contributed by atoms with van der Waals surface area (Å²) in [7, 11) is 2.37. The van der Waals surface area contributed by atoms with Crippen molar-refractivity contribution in [3.8, 4) is 0 Å². The quantitative estimate of drug-likeness (QED) is 0.402. The first-order valence-electron chi connectivity index (χ1n) is 2.90. The van der Waals surface area contributed by atoms with Crippen LogP contribution in [0.1, 0.15) is 27.2 Å². The van der Waals surface area contributed by atoms with E-state index in [2.05, 4.69) is 28.0 Å². The molecule has 1 nitrogen and oxygen atoms in total. The van der Waals surface area contributed by atoms with Gasteiger partial charge in [0.15, 0.2) is 0 Å². The summed E-state index contributed by atoms with van der Waals surface area (Å²) in [6, 6.07) is 0. The second kappa shape index (κ2) is 4.03. The predicted octanol–water partition coefficient (Wildman–Crippen LogP) is 2.28. The summed E-state index contributed by atoms with van der Waals surface area (Å²) in [4.78, 5) is 0. The summed E-state index contributed by atoms with van der Waals surface area (Å²) in [5, 5.41) is 0. The monoisotopic (exact) mass is 131 g/mol. The molecule has 0 aromatic carbocycles. The Kier molecular flexibility index (Phi) is 4.08. The largest absolute Gasteiger partial charge is 0.277 e. The first-order chi connectivity index (χ1) is 3.66. The summed E-state index contributed by atoms with van der Waals surface area (Å²) in [5.41, 5.74) is 1.21. The van der Waals surface area contributed by atoms with Gasteiger partial charge in [0.1, 0.15) is 0 Å². The van der Waals surface area contributed by atoms with Crippen molar-refractivity contribution in [2.24, 2.45) is 10.7 Å². The molecule has 48 valence electrons. The van der Waals surface area contributed by atoms with Gasteiger partial charge in [-0.25, -0.2) is 0 Å². The van der Waals surface area contributed by atoms with E-state index in [1.54, 1.807) is 0 Å². The first-order valence-corrected chi connectivity index (χ1v) is 3.41. The van der Waals surface area contributed by atoms with Crippen LogP contribution in [0.2, 0.25) is 0 Å². The lowest BCUT2D eigenvalue weighted by molar-refractivity contribution is 0.683. The van der Waals surface area contributed by atoms with E-state index in [1.807, 2.05) is 6.92 Å². The predicted molar refractivity (Wildman–Crippen MR) is 42.3 cm³/mol. The molecular weight excluding hydrogens is 117 g/mol. The molecule has 8 heavy (non-hydrogen) atoms. The van der Waals surface area contributed by atoms with Crippen molar-refractivity contribution in [1.82, 2.24) is 0 Å². The summed E-state index contributed by atoms with van der Waals surface area (Å²) in [5.74, 6) is 0.735. The molecule has 0 N–H and O–H groups in total. The van der Waals surface area contributed by atoms with Gasteiger partial charge in [-0.05, 0) is 28.7 Å². The minimum atomic E-state index is 0.735. The molecule has 0 heterocycles. The maximum atomic E-state index is 3.96. The third kappa shape index (κ3) is 4.26. The molecular formula is C6H14NP. The second-order valence-electron chi connectivity index (χ2n) is 2.46. The van der Waals surface area contributed by atoms with Gasteiger partial charge in [-0.2, -0.15) is 0 Å². The molecule has 0 aliphatic carbocycles. The minimum absolute atomic E-state index is 0.735. The molecule has 0 saturated carbocycles. The van der Waals surface area contributed by atoms with E-state index < -0.39 is 0 Å². The third-order valence-corrected chi connectivity index (χ3v) is 1.36. The second-order valence-corrected chi connectivity index (χ2v) is 2.72. The molecule has 1 atom stereocenters. The van der Waals surface area contributed by atoms with Gasteiger partial charge in [-0.3, -0.25) is 4.76 Å². The first kappa shape index (κ1) is 8.10. The average molecular weight is 131 g/mol. The van der Waals surface area contributed by atoms with Gasteiger partial charge in [0, 0.05) is 5.71 Å². The van der Waals surface area contributed by atoms with Crippen LogP contribution in [-0.4, -0.2) is 5.71 Å². The Balaban J connectivity index is 3.39. The number of hydrogen-bond donors (Lipinski definition) is 0. The molecule has 0 aromatic heterocycles. The minimum Gasteiger partial charge on any atom is -0.277 e. The Hall–Kier alpha value is 0.100. The molecule has 0 aromatic rings. The van der Waals surface area contributed by atoms with Gasteiger partial charge < -0.3 is 0 Å². The highest BCUT2D eigenvalue weighted by molar-refractivity contribution is 7.15. The van der Waals surface area contributed by atoms with E-state index in [-0.39, 0.29) is 0 Å². The summed E-state index contributed by atoms with van der Waals surface area (Å²) < 4.78 is 3.96. The van der Waals surface area contributed by atoms with Gasteiger partial charge in [-0.1, -0.05) is 13.8 Å². The zero-order valence-corrected chi connectivity index (χ0v) is 6.96. The molecule has 0 rings (SSSR count). The summed E-state index contributed by atoms with van der Waals surface area (Å²) in [6.07, 6.45) is 1.11. The van der Waals surface area contributed by atoms with Crippen LogP contribution in [0.25, 0.3) is 0 Å². The smallest absolute Gasteiger partial charge is 0.0133 e. The van der Waals surface area contributed by atoms with Crippen molar-refractivity contribution in [2.45, 2.75) is 27.2 Å². The van der Waals surface area contributed by atoms with Gasteiger partial charge in [0.25, 0.3) is 0 Å². The van der Waals surface area contributed by atoms with Crippen LogP contribution in [0.4, 0.5) is 0 Å². The lowest BCUT2D eigenvalue weighted by atomic mass is 10.1. The summed E-state index contributed by atoms with van der Waals surface area (Å²) in [6.45, 7) is 6.44. The Bertz CT molecular complexity index is 86.5. The number of hydrogen-bond acceptors (Lipinski definition) is 1. The number of nitrogens with zero attached hydrogens (tertiary/aromatic N) is 1. The Morgan fingerprint density at radius 2 is 2.12 bits per heavy atom. The lowest BCUT2D eigenvalue weighted by Crippen LogP contribution is -1.95. The van der Waals surface area contributed by atoms with Crippen LogP contribution in [-0.2, 0) is 0 Å². The molecule has 0 aliphatic heterocycles. The average Bonchev–Trinajstić information content (AvgIpc) is 1.65. The highest BCUT2D eigenvalue weighted by Gasteiger charge is 1.93. The fourth-order valence-corrected chi connectivity index (χ4v) is 0.749. The Labute approximate surface area is 53.8 Å². The normalized spacial score (nSPS) is 12.9. The van der Waals surface area contributed by atoms with Crippen molar-refractivity contribution in [3.63, 3.8) is 0 Å².